The van der Waals surface area contributed by atoms with Gasteiger partial charge in [0.15, 0.2) is 16.4 Å². The number of nitrogens with two attached hydrogens (primary N) is 1. The van der Waals surface area contributed by atoms with E-state index in [1.165, 1.54) is 17.9 Å². The summed E-state index contributed by atoms with van der Waals surface area (Å²) >= 11 is 0.555. The van der Waals surface area contributed by atoms with Crippen LogP contribution in [0.1, 0.15) is 38.8 Å². The third-order valence-corrected chi connectivity index (χ3v) is 9.92. The topological polar surface area (TPSA) is 176 Å². The van der Waals surface area contributed by atoms with E-state index in [0.717, 1.165) is 6.92 Å². The number of thiophene rings is 1. The maximum absolute atomic E-state index is 12.7. The average Bonchev–Trinajstić information content (AvgIpc) is 3.15. The van der Waals surface area contributed by atoms with Crippen LogP contribution in [0, 0.1) is 0 Å². The van der Waals surface area contributed by atoms with Gasteiger partial charge in [0.25, 0.3) is 0 Å². The Morgan fingerprint density at radius 1 is 1.22 bits per heavy atom. The zero-order valence-electron chi connectivity index (χ0n) is 17.6. The van der Waals surface area contributed by atoms with E-state index in [-0.39, 0.29) is 40.2 Å². The van der Waals surface area contributed by atoms with Gasteiger partial charge in [0.2, 0.25) is 10.0 Å². The molecule has 12 nitrogen and oxygen atoms in total. The van der Waals surface area contributed by atoms with Crippen LogP contribution in [0.5, 0.6) is 0 Å². The van der Waals surface area contributed by atoms with E-state index in [0.29, 0.717) is 11.3 Å². The molecule has 0 spiro atoms. The van der Waals surface area contributed by atoms with E-state index in [9.17, 15) is 31.2 Å². The van der Waals surface area contributed by atoms with Crippen LogP contribution in [0.25, 0.3) is 0 Å². The molecule has 0 aliphatic carbocycles. The van der Waals surface area contributed by atoms with Crippen molar-refractivity contribution in [2.24, 2.45) is 5.14 Å². The molecule has 0 aromatic carbocycles. The second-order valence-electron chi connectivity index (χ2n) is 6.86. The first-order chi connectivity index (χ1) is 14.8. The third kappa shape index (κ3) is 5.96. The number of ether oxygens (including phenoxy) is 3. The molecule has 15 heteroatoms. The molecule has 0 unspecified atom stereocenters. The Morgan fingerprint density at radius 2 is 1.84 bits per heavy atom. The number of nitrogens with zero attached hydrogens (tertiary/aromatic N) is 1. The highest BCUT2D eigenvalue weighted by atomic mass is 32.3. The lowest BCUT2D eigenvalue weighted by Gasteiger charge is -2.35. The van der Waals surface area contributed by atoms with Gasteiger partial charge in [-0.1, -0.05) is 0 Å². The van der Waals surface area contributed by atoms with Gasteiger partial charge in [0, 0.05) is 19.0 Å². The Labute approximate surface area is 189 Å². The largest absolute Gasteiger partial charge is 0.460 e. The minimum absolute atomic E-state index is 0.0381. The van der Waals surface area contributed by atoms with Crippen LogP contribution in [0.15, 0.2) is 14.5 Å². The summed E-state index contributed by atoms with van der Waals surface area (Å²) in [7, 11) is -7.91. The van der Waals surface area contributed by atoms with Gasteiger partial charge in [-0.05, 0) is 26.3 Å². The summed E-state index contributed by atoms with van der Waals surface area (Å²) in [5.41, 5.74) is 0.170. The molecule has 0 bridgehead atoms. The number of sulfone groups is 1. The summed E-state index contributed by atoms with van der Waals surface area (Å²) in [6.45, 7) is 3.27. The van der Waals surface area contributed by atoms with Gasteiger partial charge in [-0.25, -0.2) is 31.6 Å². The standard InChI is InChI=1S/C17H24N2O10S3/c1-4-19(17(22)28-6-5-27-14(21)9-29-11(3)20)13-7-10(2)31(23,24)16-12(13)8-15(30-16)32(18,25)26/h8,10,13H,4-7,9H2,1-3H3,(H2,18,25,26)/t10-,13-/m0/s1. The van der Waals surface area contributed by atoms with Crippen molar-refractivity contribution in [3.63, 3.8) is 0 Å². The van der Waals surface area contributed by atoms with Crippen LogP contribution in [-0.4, -0.2) is 71.4 Å². The van der Waals surface area contributed by atoms with Crippen molar-refractivity contribution in [2.45, 2.75) is 46.9 Å². The molecule has 1 aromatic rings. The normalized spacial score (nSPS) is 19.5. The van der Waals surface area contributed by atoms with Crippen LogP contribution >= 0.6 is 11.3 Å². The number of amides is 1. The van der Waals surface area contributed by atoms with Gasteiger partial charge in [-0.2, -0.15) is 0 Å². The van der Waals surface area contributed by atoms with Crippen molar-refractivity contribution in [2.75, 3.05) is 26.4 Å². The van der Waals surface area contributed by atoms with E-state index < -0.39 is 55.8 Å². The Bertz CT molecular complexity index is 1090. The second-order valence-corrected chi connectivity index (χ2v) is 12.3. The fourth-order valence-electron chi connectivity index (χ4n) is 3.05. The number of carbonyl (C=O) groups excluding carboxylic acids is 3. The monoisotopic (exact) mass is 512 g/mol. The van der Waals surface area contributed by atoms with E-state index in [1.54, 1.807) is 6.92 Å². The van der Waals surface area contributed by atoms with Crippen LogP contribution in [-0.2, 0) is 43.7 Å². The zero-order valence-corrected chi connectivity index (χ0v) is 20.0. The second kappa shape index (κ2) is 10.1. The number of fused-ring (bicyclic) bond motifs is 1. The first-order valence-corrected chi connectivity index (χ1v) is 13.3. The quantitative estimate of drug-likeness (QED) is 0.294. The first-order valence-electron chi connectivity index (χ1n) is 9.41. The van der Waals surface area contributed by atoms with Crippen molar-refractivity contribution in [3.8, 4) is 0 Å². The molecule has 2 rings (SSSR count). The Hall–Kier alpha value is -2.23. The van der Waals surface area contributed by atoms with Crippen LogP contribution in [0.4, 0.5) is 4.79 Å². The number of rotatable bonds is 8. The van der Waals surface area contributed by atoms with Gasteiger partial charge < -0.3 is 19.1 Å². The lowest BCUT2D eigenvalue weighted by molar-refractivity contribution is -0.158. The summed E-state index contributed by atoms with van der Waals surface area (Å²) < 4.78 is 62.8. The zero-order chi connectivity index (χ0) is 24.3. The molecular weight excluding hydrogens is 488 g/mol. The van der Waals surface area contributed by atoms with Gasteiger partial charge >= 0.3 is 18.0 Å². The van der Waals surface area contributed by atoms with Crippen LogP contribution in [0.3, 0.4) is 0 Å². The average molecular weight is 513 g/mol. The number of hydrogen-bond acceptors (Lipinski definition) is 11. The molecule has 1 aliphatic heterocycles. The maximum atomic E-state index is 12.7. The number of hydrogen-bond donors (Lipinski definition) is 1. The van der Waals surface area contributed by atoms with Gasteiger partial charge in [0.05, 0.1) is 11.3 Å². The van der Waals surface area contributed by atoms with Crippen LogP contribution < -0.4 is 5.14 Å². The molecule has 0 saturated carbocycles. The molecule has 180 valence electrons. The fraction of sp³-hybridized carbons (Fsp3) is 0.588. The fourth-order valence-corrected chi connectivity index (χ4v) is 7.45. The Kier molecular flexibility index (Phi) is 8.25. The smallest absolute Gasteiger partial charge is 0.410 e. The van der Waals surface area contributed by atoms with E-state index >= 15 is 0 Å². The van der Waals surface area contributed by atoms with Crippen molar-refractivity contribution in [1.29, 1.82) is 0 Å². The van der Waals surface area contributed by atoms with Gasteiger partial charge in [-0.3, -0.25) is 4.79 Å². The summed E-state index contributed by atoms with van der Waals surface area (Å²) in [4.78, 5) is 35.9. The predicted octanol–water partition coefficient (Wildman–Crippen LogP) is 0.567. The molecule has 0 fully saturated rings. The molecule has 0 radical (unpaired) electrons. The summed E-state index contributed by atoms with van der Waals surface area (Å²) in [5.74, 6) is -1.46. The lowest BCUT2D eigenvalue weighted by atomic mass is 10.0. The van der Waals surface area contributed by atoms with E-state index in [1.807, 2.05) is 0 Å². The van der Waals surface area contributed by atoms with Gasteiger partial charge in [0.1, 0.15) is 21.6 Å². The van der Waals surface area contributed by atoms with Crippen molar-refractivity contribution in [1.82, 2.24) is 4.90 Å². The van der Waals surface area contributed by atoms with Crippen molar-refractivity contribution in [3.05, 3.63) is 11.6 Å². The minimum Gasteiger partial charge on any atom is -0.460 e. The SMILES string of the molecule is CCN(C(=O)OCCOC(=O)COC(C)=O)[C@H]1C[C@H](C)S(=O)(=O)c2sc(S(N)(=O)=O)cc21. The molecule has 1 aromatic heterocycles. The highest BCUT2D eigenvalue weighted by molar-refractivity contribution is 7.95. The Balaban J connectivity index is 2.13. The summed E-state index contributed by atoms with van der Waals surface area (Å²) in [5, 5.41) is 4.30. The highest BCUT2D eigenvalue weighted by Crippen LogP contribution is 2.45. The predicted molar refractivity (Wildman–Crippen MR) is 111 cm³/mol. The summed E-state index contributed by atoms with van der Waals surface area (Å²) in [6, 6.07) is 0.426. The molecule has 2 N–H and O–H groups in total. The molecule has 0 saturated heterocycles. The first kappa shape index (κ1) is 26.0. The summed E-state index contributed by atoms with van der Waals surface area (Å²) in [6.07, 6.45) is -0.759. The molecule has 32 heavy (non-hydrogen) atoms. The molecule has 1 amide bonds. The van der Waals surface area contributed by atoms with Crippen molar-refractivity contribution < 1.29 is 45.4 Å². The number of primary sulfonamides is 1. The number of carbonyl (C=O) groups is 3. The van der Waals surface area contributed by atoms with Crippen LogP contribution in [0.2, 0.25) is 0 Å². The van der Waals surface area contributed by atoms with Crippen molar-refractivity contribution >= 4 is 49.2 Å². The maximum Gasteiger partial charge on any atom is 0.410 e. The number of esters is 2. The van der Waals surface area contributed by atoms with E-state index in [4.69, 9.17) is 14.6 Å². The van der Waals surface area contributed by atoms with Gasteiger partial charge in [-0.15, -0.1) is 11.3 Å². The molecule has 2 heterocycles. The molecule has 2 atom stereocenters. The third-order valence-electron chi connectivity index (χ3n) is 4.60. The Morgan fingerprint density at radius 3 is 2.41 bits per heavy atom. The lowest BCUT2D eigenvalue weighted by Crippen LogP contribution is -2.40. The molecule has 1 aliphatic rings. The number of sulfonamides is 1. The molecular formula is C17H24N2O10S3. The highest BCUT2D eigenvalue weighted by Gasteiger charge is 2.42. The minimum atomic E-state index is -4.14. The van der Waals surface area contributed by atoms with E-state index in [2.05, 4.69) is 4.74 Å².